The molecule has 0 amide bonds. The topological polar surface area (TPSA) is 27.7 Å². The molecule has 0 aliphatic heterocycles. The molecule has 0 saturated heterocycles. The van der Waals surface area contributed by atoms with Crippen LogP contribution in [0.4, 0.5) is 0 Å². The summed E-state index contributed by atoms with van der Waals surface area (Å²) < 4.78 is 18.7. The van der Waals surface area contributed by atoms with Crippen LogP contribution in [0.5, 0.6) is 0 Å². The van der Waals surface area contributed by atoms with Gasteiger partial charge < -0.3 is 14.2 Å². The third-order valence-corrected chi connectivity index (χ3v) is 11.9. The van der Waals surface area contributed by atoms with Crippen molar-refractivity contribution in [2.24, 2.45) is 0 Å². The van der Waals surface area contributed by atoms with Crippen LogP contribution in [-0.2, 0) is 14.2 Å². The molecule has 0 aromatic carbocycles. The molecule has 0 aliphatic carbocycles. The lowest BCUT2D eigenvalue weighted by molar-refractivity contribution is -0.0616. The molecule has 0 bridgehead atoms. The smallest absolute Gasteiger partial charge is 0.104 e. The molecule has 1 unspecified atom stereocenters. The molecule has 3 heteroatoms. The van der Waals surface area contributed by atoms with Crippen LogP contribution in [-0.4, -0.2) is 39.1 Å². The van der Waals surface area contributed by atoms with Crippen molar-refractivity contribution in [2.45, 2.75) is 297 Å². The van der Waals surface area contributed by atoms with Gasteiger partial charge in [0.25, 0.3) is 0 Å². The van der Waals surface area contributed by atoms with Crippen molar-refractivity contribution >= 4 is 0 Å². The molecule has 0 aromatic rings. The first-order valence-electron chi connectivity index (χ1n) is 26.3. The zero-order valence-electron chi connectivity index (χ0n) is 39.2. The lowest BCUT2D eigenvalue weighted by Gasteiger charge is -2.18. The van der Waals surface area contributed by atoms with Crippen LogP contribution in [0.3, 0.4) is 0 Å². The highest BCUT2D eigenvalue weighted by Crippen LogP contribution is 2.16. The number of hydrogen-bond acceptors (Lipinski definition) is 3. The van der Waals surface area contributed by atoms with Crippen LogP contribution in [0.2, 0.25) is 0 Å². The normalized spacial score (nSPS) is 12.4. The van der Waals surface area contributed by atoms with Gasteiger partial charge in [-0.15, -0.1) is 0 Å². The van der Waals surface area contributed by atoms with Crippen LogP contribution < -0.4 is 0 Å². The van der Waals surface area contributed by atoms with Crippen molar-refractivity contribution in [3.05, 3.63) is 12.2 Å². The van der Waals surface area contributed by atoms with Crippen molar-refractivity contribution in [3.8, 4) is 0 Å². The second-order valence-corrected chi connectivity index (χ2v) is 17.8. The monoisotopic (exact) mass is 791 g/mol. The highest BCUT2D eigenvalue weighted by atomic mass is 16.6. The quantitative estimate of drug-likeness (QED) is 0.0454. The van der Waals surface area contributed by atoms with Gasteiger partial charge in [-0.1, -0.05) is 258 Å². The highest BCUT2D eigenvalue weighted by molar-refractivity contribution is 4.81. The third-order valence-electron chi connectivity index (χ3n) is 11.9. The molecule has 0 aliphatic rings. The fourth-order valence-corrected chi connectivity index (χ4v) is 7.97. The standard InChI is InChI=1S/C53H106O3/c1-4-7-10-13-16-19-22-25-28-29-31-34-37-40-43-46-49-55-52-53(56-50-47-44-41-38-35-32-27-24-21-18-15-12-9-6-3)51-54-48-45-42-39-36-33-30-26-23-20-17-14-11-8-5-2/h25,28,53H,4-24,26-27,29-52H2,1-3H3/b28-25-. The minimum absolute atomic E-state index is 0.0812. The van der Waals surface area contributed by atoms with E-state index >= 15 is 0 Å². The van der Waals surface area contributed by atoms with Gasteiger partial charge in [0.05, 0.1) is 13.2 Å². The Kier molecular flexibility index (Phi) is 52.3. The van der Waals surface area contributed by atoms with E-state index in [9.17, 15) is 0 Å². The number of hydrogen-bond donors (Lipinski definition) is 0. The van der Waals surface area contributed by atoms with E-state index in [0.29, 0.717) is 13.2 Å². The Morgan fingerprint density at radius 1 is 0.268 bits per heavy atom. The molecule has 336 valence electrons. The van der Waals surface area contributed by atoms with Gasteiger partial charge in [0.15, 0.2) is 0 Å². The Labute approximate surface area is 354 Å². The maximum atomic E-state index is 6.35. The number of rotatable bonds is 51. The summed E-state index contributed by atoms with van der Waals surface area (Å²) in [6.07, 6.45) is 62.8. The first kappa shape index (κ1) is 55.6. The fraction of sp³-hybridized carbons (Fsp3) is 0.962. The fourth-order valence-electron chi connectivity index (χ4n) is 7.97. The average Bonchev–Trinajstić information content (AvgIpc) is 3.21. The molecule has 0 spiro atoms. The van der Waals surface area contributed by atoms with E-state index in [0.717, 1.165) is 19.8 Å². The van der Waals surface area contributed by atoms with E-state index in [1.807, 2.05) is 0 Å². The molecular weight excluding hydrogens is 685 g/mol. The molecule has 0 saturated carbocycles. The zero-order valence-corrected chi connectivity index (χ0v) is 39.2. The molecule has 1 atom stereocenters. The molecule has 0 heterocycles. The van der Waals surface area contributed by atoms with Gasteiger partial charge in [0.1, 0.15) is 6.10 Å². The summed E-state index contributed by atoms with van der Waals surface area (Å²) in [6, 6.07) is 0. The summed E-state index contributed by atoms with van der Waals surface area (Å²) in [5.74, 6) is 0. The molecular formula is C53H106O3. The van der Waals surface area contributed by atoms with E-state index in [1.54, 1.807) is 0 Å². The van der Waals surface area contributed by atoms with E-state index in [-0.39, 0.29) is 6.10 Å². The van der Waals surface area contributed by atoms with Crippen LogP contribution in [0.15, 0.2) is 12.2 Å². The van der Waals surface area contributed by atoms with Crippen LogP contribution in [0.1, 0.15) is 290 Å². The van der Waals surface area contributed by atoms with Gasteiger partial charge in [0, 0.05) is 19.8 Å². The van der Waals surface area contributed by atoms with Crippen molar-refractivity contribution in [1.29, 1.82) is 0 Å². The Balaban J connectivity index is 3.97. The Morgan fingerprint density at radius 3 is 0.786 bits per heavy atom. The number of allylic oxidation sites excluding steroid dienone is 2. The van der Waals surface area contributed by atoms with Gasteiger partial charge in [-0.25, -0.2) is 0 Å². The Morgan fingerprint density at radius 2 is 0.500 bits per heavy atom. The summed E-state index contributed by atoms with van der Waals surface area (Å²) in [5.41, 5.74) is 0. The number of ether oxygens (including phenoxy) is 3. The third kappa shape index (κ3) is 49.8. The van der Waals surface area contributed by atoms with Gasteiger partial charge in [-0.05, 0) is 44.9 Å². The first-order valence-corrected chi connectivity index (χ1v) is 26.3. The van der Waals surface area contributed by atoms with Crippen molar-refractivity contribution in [1.82, 2.24) is 0 Å². The molecule has 0 radical (unpaired) electrons. The van der Waals surface area contributed by atoms with Crippen molar-refractivity contribution in [2.75, 3.05) is 33.0 Å². The van der Waals surface area contributed by atoms with Gasteiger partial charge in [-0.3, -0.25) is 0 Å². The molecule has 56 heavy (non-hydrogen) atoms. The van der Waals surface area contributed by atoms with E-state index in [2.05, 4.69) is 32.9 Å². The molecule has 0 N–H and O–H groups in total. The number of unbranched alkanes of at least 4 members (excludes halogenated alkanes) is 38. The first-order chi connectivity index (χ1) is 27.8. The average molecular weight is 791 g/mol. The summed E-state index contributed by atoms with van der Waals surface area (Å²) in [7, 11) is 0. The molecule has 0 fully saturated rings. The van der Waals surface area contributed by atoms with Gasteiger partial charge in [-0.2, -0.15) is 0 Å². The van der Waals surface area contributed by atoms with E-state index in [1.165, 1.54) is 270 Å². The second kappa shape index (κ2) is 52.6. The van der Waals surface area contributed by atoms with E-state index < -0.39 is 0 Å². The van der Waals surface area contributed by atoms with Gasteiger partial charge in [0.2, 0.25) is 0 Å². The lowest BCUT2D eigenvalue weighted by Crippen LogP contribution is -2.26. The van der Waals surface area contributed by atoms with Crippen molar-refractivity contribution in [3.63, 3.8) is 0 Å². The van der Waals surface area contributed by atoms with Crippen LogP contribution >= 0.6 is 0 Å². The summed E-state index contributed by atoms with van der Waals surface area (Å²) in [6.45, 7) is 10.8. The minimum Gasteiger partial charge on any atom is -0.379 e. The summed E-state index contributed by atoms with van der Waals surface area (Å²) >= 11 is 0. The zero-order chi connectivity index (χ0) is 40.3. The SMILES string of the molecule is CCCCCCCC/C=C\CCCCCCCCOCC(COCCCCCCCCCCCCCCCC)OCCCCCCCCCCCCCCCC. The second-order valence-electron chi connectivity index (χ2n) is 17.8. The van der Waals surface area contributed by atoms with Crippen LogP contribution in [0, 0.1) is 0 Å². The predicted molar refractivity (Wildman–Crippen MR) is 251 cm³/mol. The van der Waals surface area contributed by atoms with Crippen molar-refractivity contribution < 1.29 is 14.2 Å². The minimum atomic E-state index is 0.0812. The molecule has 0 rings (SSSR count). The van der Waals surface area contributed by atoms with Crippen LogP contribution in [0.25, 0.3) is 0 Å². The summed E-state index contributed by atoms with van der Waals surface area (Å²) in [4.78, 5) is 0. The van der Waals surface area contributed by atoms with Gasteiger partial charge >= 0.3 is 0 Å². The predicted octanol–water partition coefficient (Wildman–Crippen LogP) is 18.4. The largest absolute Gasteiger partial charge is 0.379 e. The lowest BCUT2D eigenvalue weighted by atomic mass is 10.0. The highest BCUT2D eigenvalue weighted by Gasteiger charge is 2.10. The summed E-state index contributed by atoms with van der Waals surface area (Å²) in [5, 5.41) is 0. The molecule has 0 aromatic heterocycles. The Bertz CT molecular complexity index is 692. The Hall–Kier alpha value is -0.380. The maximum absolute atomic E-state index is 6.35. The maximum Gasteiger partial charge on any atom is 0.104 e. The van der Waals surface area contributed by atoms with E-state index in [4.69, 9.17) is 14.2 Å². The molecule has 3 nitrogen and oxygen atoms in total.